The van der Waals surface area contributed by atoms with E-state index in [4.69, 9.17) is 4.99 Å². The van der Waals surface area contributed by atoms with Crippen molar-refractivity contribution < 1.29 is 9.59 Å². The lowest BCUT2D eigenvalue weighted by Crippen LogP contribution is -2.42. The van der Waals surface area contributed by atoms with Gasteiger partial charge >= 0.3 is 0 Å². The van der Waals surface area contributed by atoms with E-state index in [0.717, 1.165) is 37.8 Å². The van der Waals surface area contributed by atoms with Gasteiger partial charge in [-0.3, -0.25) is 20.4 Å². The van der Waals surface area contributed by atoms with Gasteiger partial charge in [0, 0.05) is 26.5 Å². The lowest BCUT2D eigenvalue weighted by Gasteiger charge is -2.10. The smallest absolute Gasteiger partial charge is 0.269 e. The number of rotatable bonds is 4. The number of hydrogen-bond donors (Lipinski definition) is 2. The molecule has 0 fully saturated rings. The number of hydrogen-bond acceptors (Lipinski definition) is 4. The van der Waals surface area contributed by atoms with Gasteiger partial charge in [0.2, 0.25) is 5.91 Å². The van der Waals surface area contributed by atoms with Crippen molar-refractivity contribution in [1.29, 1.82) is 0 Å². The normalized spacial score (nSPS) is 12.0. The van der Waals surface area contributed by atoms with Crippen molar-refractivity contribution in [1.82, 2.24) is 10.9 Å². The maximum absolute atomic E-state index is 12.8. The Morgan fingerprint density at radius 1 is 0.800 bits per heavy atom. The molecule has 0 saturated heterocycles. The number of aryl methyl sites for hydroxylation is 1. The second-order valence-electron chi connectivity index (χ2n) is 8.28. The summed E-state index contributed by atoms with van der Waals surface area (Å²) in [5.74, 6) is -0.682. The van der Waals surface area contributed by atoms with Crippen LogP contribution in [0.3, 0.4) is 0 Å². The molecule has 1 heterocycles. The predicted molar refractivity (Wildman–Crippen MR) is 139 cm³/mol. The van der Waals surface area contributed by atoms with Crippen molar-refractivity contribution in [3.63, 3.8) is 0 Å². The zero-order chi connectivity index (χ0) is 24.2. The molecule has 1 aliphatic heterocycles. The molecule has 0 unspecified atom stereocenters. The van der Waals surface area contributed by atoms with Gasteiger partial charge in [0.1, 0.15) is 0 Å². The Kier molecular flexibility index (Phi) is 6.46. The average Bonchev–Trinajstić information content (AvgIpc) is 3.04. The first-order valence-corrected chi connectivity index (χ1v) is 12.1. The number of benzene rings is 4. The third kappa shape index (κ3) is 5.18. The van der Waals surface area contributed by atoms with Crippen molar-refractivity contribution >= 4 is 35.0 Å². The molecule has 2 N–H and O–H groups in total. The fourth-order valence-electron chi connectivity index (χ4n) is 3.92. The van der Waals surface area contributed by atoms with Crippen LogP contribution in [-0.4, -0.2) is 17.5 Å². The molecule has 0 atom stereocenters. The molecule has 5 nitrogen and oxygen atoms in total. The topological polar surface area (TPSA) is 70.6 Å². The highest BCUT2D eigenvalue weighted by atomic mass is 32.2. The monoisotopic (exact) mass is 477 g/mol. The Balaban J connectivity index is 1.41. The quantitative estimate of drug-likeness (QED) is 0.330. The van der Waals surface area contributed by atoms with Crippen LogP contribution in [0.25, 0.3) is 0 Å². The highest BCUT2D eigenvalue weighted by Gasteiger charge is 2.20. The van der Waals surface area contributed by atoms with Crippen LogP contribution in [0, 0.1) is 6.92 Å². The number of amides is 2. The fraction of sp³-hybridized carbons (Fsp3) is 0.0690. The molecule has 2 amide bonds. The summed E-state index contributed by atoms with van der Waals surface area (Å²) in [6.07, 6.45) is 0.185. The highest BCUT2D eigenvalue weighted by molar-refractivity contribution is 7.99. The van der Waals surface area contributed by atoms with Crippen LogP contribution in [0.5, 0.6) is 0 Å². The van der Waals surface area contributed by atoms with Gasteiger partial charge in [0.25, 0.3) is 5.91 Å². The van der Waals surface area contributed by atoms with Gasteiger partial charge < -0.3 is 0 Å². The number of carbonyl (C=O) groups excluding carboxylic acids is 2. The molecular weight excluding hydrogens is 454 g/mol. The number of carbonyl (C=O) groups is 2. The maximum atomic E-state index is 12.8. The van der Waals surface area contributed by atoms with Crippen molar-refractivity contribution in [2.45, 2.75) is 23.1 Å². The van der Waals surface area contributed by atoms with Gasteiger partial charge in [-0.1, -0.05) is 84.1 Å². The minimum absolute atomic E-state index is 0.185. The zero-order valence-electron chi connectivity index (χ0n) is 19.1. The van der Waals surface area contributed by atoms with Crippen LogP contribution in [0.1, 0.15) is 32.6 Å². The molecule has 172 valence electrons. The highest BCUT2D eigenvalue weighted by Crippen LogP contribution is 2.41. The summed E-state index contributed by atoms with van der Waals surface area (Å²) in [4.78, 5) is 32.1. The van der Waals surface area contributed by atoms with Gasteiger partial charge in [-0.25, -0.2) is 4.99 Å². The van der Waals surface area contributed by atoms with Crippen LogP contribution in [-0.2, 0) is 11.2 Å². The van der Waals surface area contributed by atoms with E-state index in [1.54, 1.807) is 23.9 Å². The molecule has 4 aromatic rings. The first-order chi connectivity index (χ1) is 17.1. The summed E-state index contributed by atoms with van der Waals surface area (Å²) in [5, 5.41) is 0. The van der Waals surface area contributed by atoms with Crippen LogP contribution in [0.2, 0.25) is 0 Å². The average molecular weight is 478 g/mol. The van der Waals surface area contributed by atoms with E-state index in [1.165, 1.54) is 0 Å². The Morgan fingerprint density at radius 3 is 2.43 bits per heavy atom. The van der Waals surface area contributed by atoms with Gasteiger partial charge in [0.05, 0.1) is 17.8 Å². The summed E-state index contributed by atoms with van der Waals surface area (Å²) in [5.41, 5.74) is 11.1. The van der Waals surface area contributed by atoms with Crippen molar-refractivity contribution in [2.24, 2.45) is 4.99 Å². The fourth-order valence-corrected chi connectivity index (χ4v) is 4.92. The third-order valence-electron chi connectivity index (χ3n) is 5.63. The molecule has 6 heteroatoms. The first kappa shape index (κ1) is 22.6. The minimum Gasteiger partial charge on any atom is -0.273 e. The summed E-state index contributed by atoms with van der Waals surface area (Å²) >= 11 is 1.63. The second-order valence-corrected chi connectivity index (χ2v) is 9.36. The molecule has 0 radical (unpaired) electrons. The Bertz CT molecular complexity index is 1450. The predicted octanol–water partition coefficient (Wildman–Crippen LogP) is 5.63. The molecule has 1 aliphatic rings. The number of aliphatic imine (C=N–C) groups is 1. The van der Waals surface area contributed by atoms with Crippen LogP contribution in [0.15, 0.2) is 112 Å². The van der Waals surface area contributed by atoms with E-state index in [-0.39, 0.29) is 12.3 Å². The second kappa shape index (κ2) is 9.99. The van der Waals surface area contributed by atoms with Crippen molar-refractivity contribution in [3.05, 3.63) is 125 Å². The molecular formula is C29H23N3O2S. The summed E-state index contributed by atoms with van der Waals surface area (Å²) in [7, 11) is 0. The summed E-state index contributed by atoms with van der Waals surface area (Å²) < 4.78 is 0. The number of fused-ring (bicyclic) bond motifs is 2. The van der Waals surface area contributed by atoms with E-state index in [2.05, 4.69) is 48.1 Å². The standard InChI is InChI=1S/C29H23N3O2S/c1-19-8-7-11-21(16-19)28-23-12-5-6-13-25(23)35-26-15-14-22(18-24(26)30-28)29(34)32-31-27(33)17-20-9-3-2-4-10-20/h2-16,18H,17H2,1H3,(H,31,33)(H,32,34). The van der Waals surface area contributed by atoms with Crippen molar-refractivity contribution in [2.75, 3.05) is 0 Å². The van der Waals surface area contributed by atoms with Crippen LogP contribution >= 0.6 is 11.8 Å². The number of nitrogens with one attached hydrogen (secondary N) is 2. The number of hydrazine groups is 1. The summed E-state index contributed by atoms with van der Waals surface area (Å²) in [6.45, 7) is 2.06. The lowest BCUT2D eigenvalue weighted by atomic mass is 10.0. The van der Waals surface area contributed by atoms with Gasteiger partial charge in [-0.15, -0.1) is 0 Å². The number of nitrogens with zero attached hydrogens (tertiary/aromatic N) is 1. The van der Waals surface area contributed by atoms with E-state index in [1.807, 2.05) is 54.6 Å². The van der Waals surface area contributed by atoms with Crippen LogP contribution < -0.4 is 10.9 Å². The largest absolute Gasteiger partial charge is 0.273 e. The van der Waals surface area contributed by atoms with Gasteiger partial charge in [-0.05, 0) is 42.8 Å². The molecule has 4 aromatic carbocycles. The van der Waals surface area contributed by atoms with Gasteiger partial charge in [-0.2, -0.15) is 0 Å². The zero-order valence-corrected chi connectivity index (χ0v) is 19.9. The van der Waals surface area contributed by atoms with Gasteiger partial charge in [0.15, 0.2) is 0 Å². The third-order valence-corrected chi connectivity index (χ3v) is 6.77. The molecule has 5 rings (SSSR count). The van der Waals surface area contributed by atoms with Crippen LogP contribution in [0.4, 0.5) is 5.69 Å². The maximum Gasteiger partial charge on any atom is 0.269 e. The van der Waals surface area contributed by atoms with E-state index in [9.17, 15) is 9.59 Å². The Labute approximate surface area is 208 Å². The summed E-state index contributed by atoms with van der Waals surface area (Å²) in [6, 6.07) is 31.2. The van der Waals surface area contributed by atoms with E-state index in [0.29, 0.717) is 11.3 Å². The first-order valence-electron chi connectivity index (χ1n) is 11.3. The lowest BCUT2D eigenvalue weighted by molar-refractivity contribution is -0.121. The van der Waals surface area contributed by atoms with E-state index < -0.39 is 5.91 Å². The molecule has 0 spiro atoms. The SMILES string of the molecule is Cc1cccc(C2=Nc3cc(C(=O)NNC(=O)Cc4ccccc4)ccc3Sc3ccccc32)c1. The molecule has 0 aliphatic carbocycles. The Morgan fingerprint density at radius 2 is 1.60 bits per heavy atom. The molecule has 0 saturated carbocycles. The molecule has 35 heavy (non-hydrogen) atoms. The van der Waals surface area contributed by atoms with E-state index >= 15 is 0 Å². The molecule has 0 aromatic heterocycles. The Hall–Kier alpha value is -4.16. The van der Waals surface area contributed by atoms with Crippen molar-refractivity contribution in [3.8, 4) is 0 Å². The molecule has 0 bridgehead atoms. The minimum atomic E-state index is -0.395.